The monoisotopic (exact) mass is 717 g/mol. The summed E-state index contributed by atoms with van der Waals surface area (Å²) < 4.78 is 36.6. The number of hydrogen-bond acceptors (Lipinski definition) is 13. The van der Waals surface area contributed by atoms with Gasteiger partial charge in [-0.2, -0.15) is 0 Å². The highest BCUT2D eigenvalue weighted by Gasteiger charge is 2.41. The third-order valence-electron chi connectivity index (χ3n) is 5.97. The SMILES string of the molecule is COc1ccc(Br)cc1NC(=O)[C@H](OC(=O)c1ccc(OC(C)=O)c(OC)c1)[C@H](OC(=O)c1ccc(OC(C)=O)c(OC)c1)C(=O)O. The van der Waals surface area contributed by atoms with Crippen LogP contribution in [-0.2, 0) is 28.7 Å². The van der Waals surface area contributed by atoms with Crippen molar-refractivity contribution in [3.8, 4) is 28.7 Å². The normalized spacial score (nSPS) is 11.6. The number of ether oxygens (including phenoxy) is 7. The molecule has 0 aliphatic heterocycles. The molecule has 0 unspecified atom stereocenters. The topological polar surface area (TPSA) is 199 Å². The average molecular weight is 718 g/mol. The largest absolute Gasteiger partial charge is 0.495 e. The molecule has 3 rings (SSSR count). The number of halogens is 1. The molecule has 2 atom stereocenters. The van der Waals surface area contributed by atoms with Crippen LogP contribution >= 0.6 is 15.9 Å². The van der Waals surface area contributed by atoms with Crippen molar-refractivity contribution in [1.82, 2.24) is 0 Å². The Labute approximate surface area is 275 Å². The van der Waals surface area contributed by atoms with Crippen molar-refractivity contribution in [2.45, 2.75) is 26.1 Å². The molecular weight excluding hydrogens is 690 g/mol. The summed E-state index contributed by atoms with van der Waals surface area (Å²) in [6, 6.07) is 11.6. The zero-order chi connectivity index (χ0) is 34.8. The lowest BCUT2D eigenvalue weighted by Crippen LogP contribution is -2.48. The summed E-state index contributed by atoms with van der Waals surface area (Å²) in [6.07, 6.45) is -4.68. The molecule has 0 fully saturated rings. The molecule has 0 saturated heterocycles. The summed E-state index contributed by atoms with van der Waals surface area (Å²) >= 11 is 3.26. The summed E-state index contributed by atoms with van der Waals surface area (Å²) in [4.78, 5) is 75.3. The Balaban J connectivity index is 2.02. The second-order valence-corrected chi connectivity index (χ2v) is 10.2. The molecule has 47 heavy (non-hydrogen) atoms. The van der Waals surface area contributed by atoms with Gasteiger partial charge in [0.2, 0.25) is 12.2 Å². The third kappa shape index (κ3) is 9.43. The highest BCUT2D eigenvalue weighted by atomic mass is 79.9. The van der Waals surface area contributed by atoms with Crippen LogP contribution in [0.15, 0.2) is 59.1 Å². The van der Waals surface area contributed by atoms with Gasteiger partial charge in [-0.05, 0) is 54.6 Å². The number of anilines is 1. The van der Waals surface area contributed by atoms with Crippen LogP contribution in [0, 0.1) is 0 Å². The summed E-state index contributed by atoms with van der Waals surface area (Å²) in [5.41, 5.74) is -0.438. The predicted octanol–water partition coefficient (Wildman–Crippen LogP) is 3.80. The van der Waals surface area contributed by atoms with Gasteiger partial charge in [-0.1, -0.05) is 15.9 Å². The van der Waals surface area contributed by atoms with Gasteiger partial charge >= 0.3 is 29.8 Å². The van der Waals surface area contributed by atoms with Gasteiger partial charge in [0.1, 0.15) is 5.75 Å². The van der Waals surface area contributed by atoms with Crippen LogP contribution in [0.5, 0.6) is 28.7 Å². The number of benzene rings is 3. The van der Waals surface area contributed by atoms with Crippen molar-refractivity contribution in [3.05, 3.63) is 70.2 Å². The van der Waals surface area contributed by atoms with E-state index in [2.05, 4.69) is 21.2 Å². The van der Waals surface area contributed by atoms with Crippen molar-refractivity contribution in [3.63, 3.8) is 0 Å². The maximum Gasteiger partial charge on any atom is 0.349 e. The Morgan fingerprint density at radius 2 is 1.09 bits per heavy atom. The van der Waals surface area contributed by atoms with E-state index in [1.165, 1.54) is 51.7 Å². The lowest BCUT2D eigenvalue weighted by atomic mass is 10.1. The Morgan fingerprint density at radius 1 is 0.638 bits per heavy atom. The molecule has 3 aromatic rings. The van der Waals surface area contributed by atoms with Gasteiger partial charge in [0.25, 0.3) is 5.91 Å². The van der Waals surface area contributed by atoms with Gasteiger partial charge in [-0.15, -0.1) is 0 Å². The Morgan fingerprint density at radius 3 is 1.51 bits per heavy atom. The third-order valence-corrected chi connectivity index (χ3v) is 6.46. The number of hydrogen-bond donors (Lipinski definition) is 2. The van der Waals surface area contributed by atoms with Crippen molar-refractivity contribution in [1.29, 1.82) is 0 Å². The fourth-order valence-corrected chi connectivity index (χ4v) is 4.27. The van der Waals surface area contributed by atoms with Gasteiger partial charge < -0.3 is 43.6 Å². The van der Waals surface area contributed by atoms with Gasteiger partial charge in [0.05, 0.1) is 38.1 Å². The lowest BCUT2D eigenvalue weighted by molar-refractivity contribution is -0.157. The van der Waals surface area contributed by atoms with Crippen LogP contribution < -0.4 is 29.0 Å². The minimum Gasteiger partial charge on any atom is -0.495 e. The van der Waals surface area contributed by atoms with Gasteiger partial charge in [0.15, 0.2) is 23.0 Å². The number of nitrogens with one attached hydrogen (secondary N) is 1. The molecule has 0 saturated carbocycles. The van der Waals surface area contributed by atoms with Crippen LogP contribution in [0.3, 0.4) is 0 Å². The smallest absolute Gasteiger partial charge is 0.349 e. The molecule has 0 spiro atoms. The molecule has 15 nitrogen and oxygen atoms in total. The van der Waals surface area contributed by atoms with Gasteiger partial charge in [-0.3, -0.25) is 14.4 Å². The highest BCUT2D eigenvalue weighted by Crippen LogP contribution is 2.31. The maximum absolute atomic E-state index is 13.6. The fraction of sp³-hybridized carbons (Fsp3) is 0.226. The zero-order valence-corrected chi connectivity index (χ0v) is 27.1. The van der Waals surface area contributed by atoms with E-state index in [0.29, 0.717) is 4.47 Å². The van der Waals surface area contributed by atoms with Crippen LogP contribution in [0.25, 0.3) is 0 Å². The van der Waals surface area contributed by atoms with Crippen molar-refractivity contribution in [2.24, 2.45) is 0 Å². The lowest BCUT2D eigenvalue weighted by Gasteiger charge is -2.24. The van der Waals surface area contributed by atoms with Gasteiger partial charge in [-0.25, -0.2) is 14.4 Å². The first-order valence-electron chi connectivity index (χ1n) is 13.3. The minimum absolute atomic E-state index is 0.0277. The molecule has 248 valence electrons. The summed E-state index contributed by atoms with van der Waals surface area (Å²) in [5.74, 6) is -6.88. The zero-order valence-electron chi connectivity index (χ0n) is 25.5. The molecular formula is C31H28BrNO14. The van der Waals surface area contributed by atoms with Crippen LogP contribution in [0.2, 0.25) is 0 Å². The molecule has 0 aliphatic rings. The molecule has 0 aromatic heterocycles. The van der Waals surface area contributed by atoms with E-state index in [-0.39, 0.29) is 45.6 Å². The molecule has 1 amide bonds. The Hall–Kier alpha value is -5.64. The maximum atomic E-state index is 13.6. The first-order chi connectivity index (χ1) is 22.3. The Bertz CT molecular complexity index is 1710. The van der Waals surface area contributed by atoms with Crippen molar-refractivity contribution >= 4 is 57.4 Å². The number of carboxylic acids is 1. The van der Waals surface area contributed by atoms with Crippen molar-refractivity contribution in [2.75, 3.05) is 26.6 Å². The number of amides is 1. The van der Waals surface area contributed by atoms with E-state index in [9.17, 15) is 33.9 Å². The summed E-state index contributed by atoms with van der Waals surface area (Å²) in [5, 5.41) is 12.5. The molecule has 16 heteroatoms. The molecule has 3 aromatic carbocycles. The standard InChI is InChI=1S/C31H28BrNO14/c1-15(34)44-22-9-6-17(12-24(22)42-4)30(39)46-26(28(36)33-20-14-19(32)8-11-21(20)41-3)27(29(37)38)47-31(40)18-7-10-23(45-16(2)35)25(13-18)43-5/h6-14,26-27H,1-5H3,(H,33,36)(H,37,38)/t26-,27+/m1/s1. The number of carboxylic acid groups (broad SMARTS) is 1. The molecule has 2 N–H and O–H groups in total. The number of carbonyl (C=O) groups is 6. The fourth-order valence-electron chi connectivity index (χ4n) is 3.91. The van der Waals surface area contributed by atoms with E-state index < -0.39 is 48.0 Å². The predicted molar refractivity (Wildman–Crippen MR) is 164 cm³/mol. The number of esters is 4. The van der Waals surface area contributed by atoms with E-state index in [0.717, 1.165) is 32.0 Å². The van der Waals surface area contributed by atoms with Gasteiger partial charge in [0, 0.05) is 18.3 Å². The number of methoxy groups -OCH3 is 3. The molecule has 0 radical (unpaired) electrons. The van der Waals surface area contributed by atoms with E-state index in [1.54, 1.807) is 6.07 Å². The van der Waals surface area contributed by atoms with Crippen LogP contribution in [0.1, 0.15) is 34.6 Å². The summed E-state index contributed by atoms with van der Waals surface area (Å²) in [7, 11) is 3.81. The quantitative estimate of drug-likeness (QED) is 0.191. The van der Waals surface area contributed by atoms with Crippen LogP contribution in [0.4, 0.5) is 5.69 Å². The number of rotatable bonds is 13. The first kappa shape index (κ1) is 35.8. The molecule has 0 bridgehead atoms. The average Bonchev–Trinajstić information content (AvgIpc) is 3.02. The molecule has 0 aliphatic carbocycles. The Kier molecular flexibility index (Phi) is 12.3. The number of carbonyl (C=O) groups excluding carboxylic acids is 5. The highest BCUT2D eigenvalue weighted by molar-refractivity contribution is 9.10. The van der Waals surface area contributed by atoms with Crippen molar-refractivity contribution < 1.29 is 67.0 Å². The second kappa shape index (κ2) is 16.1. The minimum atomic E-state index is -2.40. The van der Waals surface area contributed by atoms with Crippen LogP contribution in [-0.4, -0.2) is 74.4 Å². The van der Waals surface area contributed by atoms with E-state index in [1.807, 2.05) is 0 Å². The molecule has 0 heterocycles. The number of aliphatic carboxylic acids is 1. The first-order valence-corrected chi connectivity index (χ1v) is 14.1. The van der Waals surface area contributed by atoms with E-state index in [4.69, 9.17) is 33.2 Å². The summed E-state index contributed by atoms with van der Waals surface area (Å²) in [6.45, 7) is 2.31. The van der Waals surface area contributed by atoms with E-state index >= 15 is 0 Å². The second-order valence-electron chi connectivity index (χ2n) is 9.24.